The average molecular weight is 349 g/mol. The van der Waals surface area contributed by atoms with E-state index < -0.39 is 12.0 Å². The van der Waals surface area contributed by atoms with Crippen LogP contribution in [0.2, 0.25) is 0 Å². The van der Waals surface area contributed by atoms with Gasteiger partial charge < -0.3 is 10.4 Å². The van der Waals surface area contributed by atoms with Crippen molar-refractivity contribution in [1.82, 2.24) is 10.0 Å². The van der Waals surface area contributed by atoms with Gasteiger partial charge >= 0.3 is 5.97 Å². The fourth-order valence-electron chi connectivity index (χ4n) is 1.78. The van der Waals surface area contributed by atoms with Crippen molar-refractivity contribution in [3.63, 3.8) is 0 Å². The van der Waals surface area contributed by atoms with E-state index in [0.717, 1.165) is 19.3 Å². The number of amides is 1. The molecule has 0 aromatic heterocycles. The van der Waals surface area contributed by atoms with Gasteiger partial charge in [-0.05, 0) is 11.8 Å². The van der Waals surface area contributed by atoms with Gasteiger partial charge in [0, 0.05) is 18.7 Å². The summed E-state index contributed by atoms with van der Waals surface area (Å²) in [5.74, 6) is -0.107. The minimum Gasteiger partial charge on any atom is -0.480 e. The average Bonchev–Trinajstić information content (AvgIpc) is 2.45. The molecule has 0 spiro atoms. The minimum atomic E-state index is -0.810. The van der Waals surface area contributed by atoms with Gasteiger partial charge in [-0.3, -0.25) is 9.59 Å². The van der Waals surface area contributed by atoms with E-state index in [0.29, 0.717) is 25.1 Å². The first-order valence-electron chi connectivity index (χ1n) is 8.63. The fraction of sp³-hybridized carbons (Fsp3) is 0.882. The van der Waals surface area contributed by atoms with E-state index >= 15 is 0 Å². The third-order valence-corrected chi connectivity index (χ3v) is 3.70. The summed E-state index contributed by atoms with van der Waals surface area (Å²) in [6.07, 6.45) is 4.20. The standard InChI is InChI=1S/C15H30N2O3S.C2H6/c1-5-6-7-8-12(14(19)20)17-21-10-9-16-13(18)11-15(2,3)4;1-2/h12,17H,5-11H2,1-4H3,(H,16,18)(H,19,20);1-2H3. The number of hydrogen-bond acceptors (Lipinski definition) is 4. The van der Waals surface area contributed by atoms with Gasteiger partial charge in [-0.1, -0.05) is 72.8 Å². The second kappa shape index (κ2) is 14.8. The van der Waals surface area contributed by atoms with Crippen LogP contribution in [0.3, 0.4) is 0 Å². The molecule has 0 heterocycles. The van der Waals surface area contributed by atoms with Gasteiger partial charge in [-0.25, -0.2) is 4.72 Å². The summed E-state index contributed by atoms with van der Waals surface area (Å²) < 4.78 is 2.97. The van der Waals surface area contributed by atoms with Crippen LogP contribution in [0.25, 0.3) is 0 Å². The Kier molecular flexibility index (Phi) is 15.8. The van der Waals surface area contributed by atoms with E-state index in [1.54, 1.807) is 0 Å². The molecule has 0 aliphatic rings. The van der Waals surface area contributed by atoms with E-state index in [-0.39, 0.29) is 11.3 Å². The quantitative estimate of drug-likeness (QED) is 0.390. The topological polar surface area (TPSA) is 78.4 Å². The zero-order valence-electron chi connectivity index (χ0n) is 15.7. The number of nitrogens with one attached hydrogen (secondary N) is 2. The molecule has 0 bridgehead atoms. The van der Waals surface area contributed by atoms with E-state index in [9.17, 15) is 9.59 Å². The smallest absolute Gasteiger partial charge is 0.321 e. The van der Waals surface area contributed by atoms with Gasteiger partial charge in [0.15, 0.2) is 0 Å². The highest BCUT2D eigenvalue weighted by atomic mass is 32.2. The van der Waals surface area contributed by atoms with Crippen LogP contribution in [0.5, 0.6) is 0 Å². The van der Waals surface area contributed by atoms with Crippen LogP contribution in [-0.4, -0.2) is 35.3 Å². The summed E-state index contributed by atoms with van der Waals surface area (Å²) in [6, 6.07) is -0.508. The lowest BCUT2D eigenvalue weighted by atomic mass is 9.92. The zero-order chi connectivity index (χ0) is 18.3. The van der Waals surface area contributed by atoms with Crippen molar-refractivity contribution in [2.45, 2.75) is 79.7 Å². The third-order valence-electron chi connectivity index (χ3n) is 2.84. The molecule has 23 heavy (non-hydrogen) atoms. The largest absolute Gasteiger partial charge is 0.480 e. The molecule has 138 valence electrons. The second-order valence-corrected chi connectivity index (χ2v) is 7.37. The van der Waals surface area contributed by atoms with Gasteiger partial charge in [-0.15, -0.1) is 0 Å². The van der Waals surface area contributed by atoms with E-state index in [1.165, 1.54) is 11.9 Å². The molecule has 0 fully saturated rings. The molecule has 1 atom stereocenters. The Bertz CT molecular complexity index is 317. The lowest BCUT2D eigenvalue weighted by Crippen LogP contribution is -2.34. The molecule has 0 saturated heterocycles. The number of carboxylic acid groups (broad SMARTS) is 1. The number of aliphatic carboxylic acids is 1. The summed E-state index contributed by atoms with van der Waals surface area (Å²) in [7, 11) is 0. The maximum absolute atomic E-state index is 11.6. The molecule has 0 aromatic carbocycles. The summed E-state index contributed by atoms with van der Waals surface area (Å²) in [4.78, 5) is 22.7. The van der Waals surface area contributed by atoms with Gasteiger partial charge in [-0.2, -0.15) is 0 Å². The van der Waals surface area contributed by atoms with E-state index in [2.05, 4.69) is 17.0 Å². The van der Waals surface area contributed by atoms with Crippen LogP contribution in [0.15, 0.2) is 0 Å². The first-order chi connectivity index (χ1) is 10.8. The first-order valence-corrected chi connectivity index (χ1v) is 9.61. The van der Waals surface area contributed by atoms with Crippen LogP contribution >= 0.6 is 11.9 Å². The van der Waals surface area contributed by atoms with Gasteiger partial charge in [0.05, 0.1) is 0 Å². The lowest BCUT2D eigenvalue weighted by molar-refractivity contribution is -0.139. The van der Waals surface area contributed by atoms with Crippen molar-refractivity contribution in [3.8, 4) is 0 Å². The van der Waals surface area contributed by atoms with Gasteiger partial charge in [0.1, 0.15) is 6.04 Å². The van der Waals surface area contributed by atoms with Gasteiger partial charge in [0.25, 0.3) is 0 Å². The van der Waals surface area contributed by atoms with E-state index in [1.807, 2.05) is 34.6 Å². The number of unbranched alkanes of at least 4 members (excludes halogenated alkanes) is 2. The molecule has 0 rings (SSSR count). The van der Waals surface area contributed by atoms with Gasteiger partial charge in [0.2, 0.25) is 5.91 Å². The monoisotopic (exact) mass is 348 g/mol. The first kappa shape index (κ1) is 24.5. The predicted octanol–water partition coefficient (Wildman–Crippen LogP) is 3.84. The Hall–Kier alpha value is -0.750. The van der Waals surface area contributed by atoms with Crippen molar-refractivity contribution >= 4 is 23.8 Å². The zero-order valence-corrected chi connectivity index (χ0v) is 16.5. The number of carbonyl (C=O) groups is 2. The van der Waals surface area contributed by atoms with Crippen LogP contribution in [0, 0.1) is 5.41 Å². The molecule has 3 N–H and O–H groups in total. The SMILES string of the molecule is CC.CCCCCC(NSCCNC(=O)CC(C)(C)C)C(=O)O. The molecule has 5 nitrogen and oxygen atoms in total. The van der Waals surface area contributed by atoms with Crippen molar-refractivity contribution in [1.29, 1.82) is 0 Å². The predicted molar refractivity (Wildman–Crippen MR) is 99.6 cm³/mol. The highest BCUT2D eigenvalue weighted by molar-refractivity contribution is 7.97. The Morgan fingerprint density at radius 1 is 1.17 bits per heavy atom. The molecule has 0 aliphatic heterocycles. The maximum atomic E-state index is 11.6. The summed E-state index contributed by atoms with van der Waals surface area (Å²) >= 11 is 1.36. The van der Waals surface area contributed by atoms with Crippen molar-refractivity contribution in [3.05, 3.63) is 0 Å². The molecular formula is C17H36N2O3S. The molecular weight excluding hydrogens is 312 g/mol. The minimum absolute atomic E-state index is 0.0108. The Labute approximate surface area is 146 Å². The second-order valence-electron chi connectivity index (χ2n) is 6.44. The van der Waals surface area contributed by atoms with Crippen LogP contribution < -0.4 is 10.0 Å². The fourth-order valence-corrected chi connectivity index (χ4v) is 2.52. The number of hydrogen-bond donors (Lipinski definition) is 3. The molecule has 1 amide bonds. The molecule has 0 radical (unpaired) electrons. The third kappa shape index (κ3) is 17.4. The molecule has 0 aromatic rings. The number of rotatable bonds is 11. The molecule has 0 saturated carbocycles. The summed E-state index contributed by atoms with van der Waals surface area (Å²) in [5.41, 5.74) is -0.0108. The number of carboxylic acids is 1. The lowest BCUT2D eigenvalue weighted by Gasteiger charge is -2.17. The normalized spacial score (nSPS) is 12.1. The molecule has 0 aliphatic carbocycles. The Balaban J connectivity index is 0. The van der Waals surface area contributed by atoms with Crippen LogP contribution in [-0.2, 0) is 9.59 Å². The summed E-state index contributed by atoms with van der Waals surface area (Å²) in [5, 5.41) is 11.9. The van der Waals surface area contributed by atoms with Crippen LogP contribution in [0.4, 0.5) is 0 Å². The van der Waals surface area contributed by atoms with Crippen molar-refractivity contribution in [2.75, 3.05) is 12.3 Å². The molecule has 1 unspecified atom stereocenters. The van der Waals surface area contributed by atoms with Crippen LogP contribution in [0.1, 0.15) is 73.6 Å². The highest BCUT2D eigenvalue weighted by Crippen LogP contribution is 2.17. The van der Waals surface area contributed by atoms with E-state index in [4.69, 9.17) is 5.11 Å². The Morgan fingerprint density at radius 3 is 2.26 bits per heavy atom. The van der Waals surface area contributed by atoms with Crippen molar-refractivity contribution < 1.29 is 14.7 Å². The Morgan fingerprint density at radius 2 is 1.78 bits per heavy atom. The number of carbonyl (C=O) groups excluding carboxylic acids is 1. The highest BCUT2D eigenvalue weighted by Gasteiger charge is 2.17. The summed E-state index contributed by atoms with van der Waals surface area (Å²) in [6.45, 7) is 12.7. The maximum Gasteiger partial charge on any atom is 0.321 e. The van der Waals surface area contributed by atoms with Crippen molar-refractivity contribution in [2.24, 2.45) is 5.41 Å². The molecule has 6 heteroatoms.